The summed E-state index contributed by atoms with van der Waals surface area (Å²) in [7, 11) is 0. The van der Waals surface area contributed by atoms with E-state index in [0.29, 0.717) is 23.2 Å². The van der Waals surface area contributed by atoms with E-state index in [0.717, 1.165) is 23.8 Å². The van der Waals surface area contributed by atoms with Crippen LogP contribution in [-0.4, -0.2) is 22.0 Å². The van der Waals surface area contributed by atoms with Gasteiger partial charge in [0.2, 0.25) is 0 Å². The van der Waals surface area contributed by atoms with Crippen molar-refractivity contribution in [1.82, 2.24) is 5.32 Å². The molecule has 1 fully saturated rings. The van der Waals surface area contributed by atoms with Gasteiger partial charge in [0.05, 0.1) is 4.92 Å². The highest BCUT2D eigenvalue weighted by Gasteiger charge is 2.24. The maximum Gasteiger partial charge on any atom is 0.275 e. The van der Waals surface area contributed by atoms with Gasteiger partial charge >= 0.3 is 0 Å². The van der Waals surface area contributed by atoms with Crippen LogP contribution in [-0.2, 0) is 6.54 Å². The Morgan fingerprint density at radius 1 is 1.50 bits per heavy atom. The van der Waals surface area contributed by atoms with E-state index in [1.165, 1.54) is 12.5 Å². The van der Waals surface area contributed by atoms with Crippen molar-refractivity contribution >= 4 is 29.1 Å². The first kappa shape index (κ1) is 15.6. The Morgan fingerprint density at radius 2 is 2.30 bits per heavy atom. The highest BCUT2D eigenvalue weighted by Crippen LogP contribution is 2.30. The molecule has 110 valence electrons. The Bertz CT molecular complexity index is 484. The fourth-order valence-electron chi connectivity index (χ4n) is 2.62. The SMILES string of the molecule is CCSC1CCC(NCc2ccc(Cl)cc2[N+](=O)[O-])C1. The van der Waals surface area contributed by atoms with Crippen molar-refractivity contribution in [3.05, 3.63) is 38.9 Å². The molecule has 2 rings (SSSR count). The van der Waals surface area contributed by atoms with E-state index in [2.05, 4.69) is 12.2 Å². The van der Waals surface area contributed by atoms with E-state index in [1.54, 1.807) is 12.1 Å². The van der Waals surface area contributed by atoms with Gasteiger partial charge in [0, 0.05) is 34.5 Å². The van der Waals surface area contributed by atoms with Gasteiger partial charge in [-0.3, -0.25) is 10.1 Å². The highest BCUT2D eigenvalue weighted by molar-refractivity contribution is 7.99. The lowest BCUT2D eigenvalue weighted by atomic mass is 10.1. The molecule has 1 aliphatic carbocycles. The molecule has 0 aromatic heterocycles. The summed E-state index contributed by atoms with van der Waals surface area (Å²) in [6.07, 6.45) is 3.54. The van der Waals surface area contributed by atoms with Crippen LogP contribution >= 0.6 is 23.4 Å². The molecule has 2 atom stereocenters. The number of nitrogens with zero attached hydrogens (tertiary/aromatic N) is 1. The van der Waals surface area contributed by atoms with Crippen molar-refractivity contribution in [2.75, 3.05) is 5.75 Å². The number of nitro benzene ring substituents is 1. The molecule has 1 aromatic carbocycles. The predicted molar refractivity (Wildman–Crippen MR) is 84.5 cm³/mol. The quantitative estimate of drug-likeness (QED) is 0.636. The fourth-order valence-corrected chi connectivity index (χ4v) is 3.93. The third kappa shape index (κ3) is 4.11. The Labute approximate surface area is 128 Å². The number of thioether (sulfide) groups is 1. The van der Waals surface area contributed by atoms with Crippen molar-refractivity contribution in [2.24, 2.45) is 0 Å². The minimum Gasteiger partial charge on any atom is -0.310 e. The summed E-state index contributed by atoms with van der Waals surface area (Å²) in [5.41, 5.74) is 0.800. The molecule has 1 N–H and O–H groups in total. The Balaban J connectivity index is 1.93. The molecular weight excluding hydrogens is 296 g/mol. The van der Waals surface area contributed by atoms with Gasteiger partial charge in [-0.1, -0.05) is 18.5 Å². The average molecular weight is 315 g/mol. The van der Waals surface area contributed by atoms with Gasteiger partial charge in [-0.15, -0.1) is 0 Å². The number of nitrogens with one attached hydrogen (secondary N) is 1. The summed E-state index contributed by atoms with van der Waals surface area (Å²) in [4.78, 5) is 10.7. The number of rotatable bonds is 6. The molecule has 1 aromatic rings. The lowest BCUT2D eigenvalue weighted by molar-refractivity contribution is -0.385. The first-order valence-corrected chi connectivity index (χ1v) is 8.30. The van der Waals surface area contributed by atoms with Gasteiger partial charge in [-0.05, 0) is 37.1 Å². The molecule has 1 aliphatic rings. The second-order valence-electron chi connectivity index (χ2n) is 5.00. The summed E-state index contributed by atoms with van der Waals surface area (Å²) in [6.45, 7) is 2.71. The highest BCUT2D eigenvalue weighted by atomic mass is 35.5. The van der Waals surface area contributed by atoms with Crippen LogP contribution in [0.2, 0.25) is 5.02 Å². The Hall–Kier alpha value is -0.780. The normalized spacial score (nSPS) is 22.1. The largest absolute Gasteiger partial charge is 0.310 e. The van der Waals surface area contributed by atoms with E-state index in [9.17, 15) is 10.1 Å². The van der Waals surface area contributed by atoms with Crippen LogP contribution in [0.25, 0.3) is 0 Å². The summed E-state index contributed by atoms with van der Waals surface area (Å²) < 4.78 is 0. The van der Waals surface area contributed by atoms with Crippen LogP contribution < -0.4 is 5.32 Å². The molecular formula is C14H19ClN2O2S. The predicted octanol–water partition coefficient (Wildman–Crippen LogP) is 4.01. The summed E-state index contributed by atoms with van der Waals surface area (Å²) >= 11 is 7.82. The Kier molecular flexibility index (Phi) is 5.69. The molecule has 0 amide bonds. The topological polar surface area (TPSA) is 55.2 Å². The lowest BCUT2D eigenvalue weighted by Crippen LogP contribution is -2.26. The molecule has 2 unspecified atom stereocenters. The number of halogens is 1. The van der Waals surface area contributed by atoms with E-state index in [4.69, 9.17) is 11.6 Å². The van der Waals surface area contributed by atoms with Crippen LogP contribution in [0.5, 0.6) is 0 Å². The third-order valence-corrected chi connectivity index (χ3v) is 5.08. The zero-order valence-corrected chi connectivity index (χ0v) is 13.0. The van der Waals surface area contributed by atoms with E-state index in [-0.39, 0.29) is 10.6 Å². The molecule has 1 saturated carbocycles. The van der Waals surface area contributed by atoms with Gasteiger partial charge in [0.1, 0.15) is 0 Å². The van der Waals surface area contributed by atoms with E-state index >= 15 is 0 Å². The molecule has 0 bridgehead atoms. The van der Waals surface area contributed by atoms with Gasteiger partial charge in [-0.25, -0.2) is 0 Å². The molecule has 4 nitrogen and oxygen atoms in total. The molecule has 0 aliphatic heterocycles. The number of benzene rings is 1. The summed E-state index contributed by atoms with van der Waals surface area (Å²) in [6, 6.07) is 5.33. The van der Waals surface area contributed by atoms with Crippen LogP contribution in [0.1, 0.15) is 31.7 Å². The molecule has 20 heavy (non-hydrogen) atoms. The minimum atomic E-state index is -0.368. The lowest BCUT2D eigenvalue weighted by Gasteiger charge is -2.13. The minimum absolute atomic E-state index is 0.0995. The van der Waals surface area contributed by atoms with Crippen molar-refractivity contribution in [3.63, 3.8) is 0 Å². The van der Waals surface area contributed by atoms with Gasteiger partial charge in [0.25, 0.3) is 5.69 Å². The zero-order valence-electron chi connectivity index (χ0n) is 11.5. The first-order valence-electron chi connectivity index (χ1n) is 6.88. The van der Waals surface area contributed by atoms with Crippen LogP contribution in [0.3, 0.4) is 0 Å². The van der Waals surface area contributed by atoms with Crippen LogP contribution in [0, 0.1) is 10.1 Å². The zero-order chi connectivity index (χ0) is 14.5. The monoisotopic (exact) mass is 314 g/mol. The van der Waals surface area contributed by atoms with Crippen LogP contribution in [0.4, 0.5) is 5.69 Å². The second kappa shape index (κ2) is 7.29. The maximum atomic E-state index is 11.0. The van der Waals surface area contributed by atoms with Gasteiger partial charge < -0.3 is 5.32 Å². The first-order chi connectivity index (χ1) is 9.60. The standard InChI is InChI=1S/C14H19ClN2O2S/c1-2-20-13-6-5-12(8-13)16-9-10-3-4-11(15)7-14(10)17(18)19/h3-4,7,12-13,16H,2,5-6,8-9H2,1H3. The average Bonchev–Trinajstić information content (AvgIpc) is 2.85. The van der Waals surface area contributed by atoms with Gasteiger partial charge in [0.15, 0.2) is 0 Å². The van der Waals surface area contributed by atoms with Crippen molar-refractivity contribution < 1.29 is 4.92 Å². The smallest absolute Gasteiger partial charge is 0.275 e. The molecule has 0 saturated heterocycles. The van der Waals surface area contributed by atoms with Crippen LogP contribution in [0.15, 0.2) is 18.2 Å². The van der Waals surface area contributed by atoms with E-state index in [1.807, 2.05) is 11.8 Å². The fraction of sp³-hybridized carbons (Fsp3) is 0.571. The molecule has 0 spiro atoms. The third-order valence-electron chi connectivity index (χ3n) is 3.61. The number of hydrogen-bond donors (Lipinski definition) is 1. The maximum absolute atomic E-state index is 11.0. The molecule has 0 heterocycles. The van der Waals surface area contributed by atoms with E-state index < -0.39 is 0 Å². The second-order valence-corrected chi connectivity index (χ2v) is 7.01. The van der Waals surface area contributed by atoms with Gasteiger partial charge in [-0.2, -0.15) is 11.8 Å². The summed E-state index contributed by atoms with van der Waals surface area (Å²) in [5.74, 6) is 1.15. The van der Waals surface area contributed by atoms with Crippen molar-refractivity contribution in [2.45, 2.75) is 44.0 Å². The van der Waals surface area contributed by atoms with Crippen molar-refractivity contribution in [1.29, 1.82) is 0 Å². The Morgan fingerprint density at radius 3 is 3.00 bits per heavy atom. The van der Waals surface area contributed by atoms with Crippen molar-refractivity contribution in [3.8, 4) is 0 Å². The molecule has 0 radical (unpaired) electrons. The summed E-state index contributed by atoms with van der Waals surface area (Å²) in [5, 5.41) is 15.6. The molecule has 6 heteroatoms. The number of hydrogen-bond acceptors (Lipinski definition) is 4. The number of nitro groups is 1.